The highest BCUT2D eigenvalue weighted by atomic mass is 35.5. The van der Waals surface area contributed by atoms with Gasteiger partial charge in [-0.25, -0.2) is 4.98 Å². The second-order valence-electron chi connectivity index (χ2n) is 5.91. The summed E-state index contributed by atoms with van der Waals surface area (Å²) in [7, 11) is 0. The van der Waals surface area contributed by atoms with E-state index < -0.39 is 0 Å². The van der Waals surface area contributed by atoms with E-state index in [2.05, 4.69) is 16.9 Å². The second-order valence-corrected chi connectivity index (χ2v) is 7.29. The van der Waals surface area contributed by atoms with Crippen molar-refractivity contribution in [1.82, 2.24) is 9.55 Å². The maximum atomic E-state index is 12.8. The van der Waals surface area contributed by atoms with Gasteiger partial charge in [-0.2, -0.15) is 0 Å². The number of hydrogen-bond donors (Lipinski definition) is 1. The maximum absolute atomic E-state index is 12.8. The zero-order chi connectivity index (χ0) is 19.4. The van der Waals surface area contributed by atoms with Crippen LogP contribution in [0, 0.1) is 6.92 Å². The summed E-state index contributed by atoms with van der Waals surface area (Å²) < 4.78 is 1.50. The molecule has 2 aromatic carbocycles. The van der Waals surface area contributed by atoms with Crippen molar-refractivity contribution in [2.75, 3.05) is 11.1 Å². The van der Waals surface area contributed by atoms with Crippen molar-refractivity contribution in [3.8, 4) is 0 Å². The van der Waals surface area contributed by atoms with Gasteiger partial charge in [-0.05, 0) is 36.8 Å². The molecule has 7 heteroatoms. The summed E-state index contributed by atoms with van der Waals surface area (Å²) in [6.45, 7) is 5.93. The molecular formula is C20H18ClN3O2S. The molecule has 0 unspecified atom stereocenters. The number of nitrogens with zero attached hydrogens (tertiary/aromatic N) is 2. The monoisotopic (exact) mass is 399 g/mol. The lowest BCUT2D eigenvalue weighted by Gasteiger charge is -2.12. The fourth-order valence-corrected chi connectivity index (χ4v) is 3.58. The minimum absolute atomic E-state index is 0.136. The van der Waals surface area contributed by atoms with Crippen LogP contribution in [0.15, 0.2) is 65.1 Å². The first-order chi connectivity index (χ1) is 13.0. The Labute approximate surface area is 166 Å². The van der Waals surface area contributed by atoms with Crippen molar-refractivity contribution in [2.45, 2.75) is 18.6 Å². The van der Waals surface area contributed by atoms with E-state index in [9.17, 15) is 9.59 Å². The lowest BCUT2D eigenvalue weighted by molar-refractivity contribution is -0.113. The number of amides is 1. The van der Waals surface area contributed by atoms with Gasteiger partial charge < -0.3 is 5.32 Å². The lowest BCUT2D eigenvalue weighted by atomic mass is 10.2. The molecule has 0 aliphatic heterocycles. The molecule has 27 heavy (non-hydrogen) atoms. The summed E-state index contributed by atoms with van der Waals surface area (Å²) >= 11 is 7.21. The van der Waals surface area contributed by atoms with Crippen LogP contribution >= 0.6 is 23.4 Å². The highest BCUT2D eigenvalue weighted by Crippen LogP contribution is 2.21. The van der Waals surface area contributed by atoms with Gasteiger partial charge in [-0.3, -0.25) is 14.2 Å². The number of thioether (sulfide) groups is 1. The van der Waals surface area contributed by atoms with E-state index in [1.165, 1.54) is 16.3 Å². The minimum atomic E-state index is -0.204. The summed E-state index contributed by atoms with van der Waals surface area (Å²) in [4.78, 5) is 29.6. The van der Waals surface area contributed by atoms with E-state index in [1.54, 1.807) is 24.3 Å². The average molecular weight is 400 g/mol. The first-order valence-corrected chi connectivity index (χ1v) is 9.65. The molecule has 0 spiro atoms. The van der Waals surface area contributed by atoms with Crippen molar-refractivity contribution in [2.24, 2.45) is 0 Å². The average Bonchev–Trinajstić information content (AvgIpc) is 2.65. The van der Waals surface area contributed by atoms with Gasteiger partial charge in [0.05, 0.1) is 16.7 Å². The van der Waals surface area contributed by atoms with E-state index in [0.29, 0.717) is 27.6 Å². The van der Waals surface area contributed by atoms with Gasteiger partial charge in [0.25, 0.3) is 5.56 Å². The van der Waals surface area contributed by atoms with E-state index in [1.807, 2.05) is 31.2 Å². The van der Waals surface area contributed by atoms with Crippen LogP contribution in [0.3, 0.4) is 0 Å². The number of nitrogens with one attached hydrogen (secondary N) is 1. The molecule has 1 aromatic heterocycles. The number of aryl methyl sites for hydroxylation is 1. The third-order valence-corrected chi connectivity index (χ3v) is 5.16. The Kier molecular flexibility index (Phi) is 5.98. The van der Waals surface area contributed by atoms with Gasteiger partial charge in [0.2, 0.25) is 5.91 Å². The van der Waals surface area contributed by atoms with Crippen LogP contribution < -0.4 is 10.9 Å². The zero-order valence-corrected chi connectivity index (χ0v) is 16.3. The highest BCUT2D eigenvalue weighted by Gasteiger charge is 2.13. The Morgan fingerprint density at radius 3 is 2.85 bits per heavy atom. The van der Waals surface area contributed by atoms with Gasteiger partial charge in [0.1, 0.15) is 0 Å². The standard InChI is InChI=1S/C20H18ClN3O2S/c1-3-10-24-19(26)15-11-14(21)8-9-17(15)23-20(24)27-12-18(25)22-16-7-5-4-6-13(16)2/h3-9,11H,1,10,12H2,2H3,(H,22,25). The zero-order valence-electron chi connectivity index (χ0n) is 14.7. The number of carbonyl (C=O) groups excluding carboxylic acids is 1. The summed E-state index contributed by atoms with van der Waals surface area (Å²) in [6, 6.07) is 12.6. The molecule has 0 aliphatic rings. The van der Waals surface area contributed by atoms with Crippen LogP contribution in [0.25, 0.3) is 10.9 Å². The molecule has 138 valence electrons. The molecule has 1 amide bonds. The van der Waals surface area contributed by atoms with Crippen LogP contribution in [0.5, 0.6) is 0 Å². The summed E-state index contributed by atoms with van der Waals surface area (Å²) in [5.74, 6) is -0.0262. The SMILES string of the molecule is C=CCn1c(SCC(=O)Nc2ccccc2C)nc2ccc(Cl)cc2c1=O. The Morgan fingerprint density at radius 1 is 1.33 bits per heavy atom. The number of anilines is 1. The van der Waals surface area contributed by atoms with E-state index in [0.717, 1.165) is 11.3 Å². The smallest absolute Gasteiger partial charge is 0.262 e. The lowest BCUT2D eigenvalue weighted by Crippen LogP contribution is -2.24. The van der Waals surface area contributed by atoms with Crippen molar-refractivity contribution in [3.63, 3.8) is 0 Å². The Balaban J connectivity index is 1.85. The number of benzene rings is 2. The maximum Gasteiger partial charge on any atom is 0.262 e. The van der Waals surface area contributed by atoms with Crippen LogP contribution in [0.2, 0.25) is 5.02 Å². The fraction of sp³-hybridized carbons (Fsp3) is 0.150. The third kappa shape index (κ3) is 4.40. The Hall–Kier alpha value is -2.57. The Bertz CT molecular complexity index is 1080. The first-order valence-electron chi connectivity index (χ1n) is 8.29. The normalized spacial score (nSPS) is 10.7. The molecule has 0 saturated carbocycles. The van der Waals surface area contributed by atoms with E-state index in [-0.39, 0.29) is 17.2 Å². The molecule has 0 atom stereocenters. The van der Waals surface area contributed by atoms with Crippen molar-refractivity contribution in [1.29, 1.82) is 0 Å². The van der Waals surface area contributed by atoms with E-state index in [4.69, 9.17) is 11.6 Å². The molecule has 1 N–H and O–H groups in total. The van der Waals surface area contributed by atoms with Gasteiger partial charge >= 0.3 is 0 Å². The van der Waals surface area contributed by atoms with E-state index >= 15 is 0 Å². The number of para-hydroxylation sites is 1. The molecule has 0 fully saturated rings. The second kappa shape index (κ2) is 8.41. The molecule has 3 aromatic rings. The quantitative estimate of drug-likeness (QED) is 0.382. The minimum Gasteiger partial charge on any atom is -0.325 e. The van der Waals surface area contributed by atoms with Crippen LogP contribution in [-0.4, -0.2) is 21.2 Å². The number of rotatable bonds is 6. The van der Waals surface area contributed by atoms with Gasteiger partial charge in [0, 0.05) is 17.3 Å². The van der Waals surface area contributed by atoms with Crippen molar-refractivity contribution >= 4 is 45.9 Å². The fourth-order valence-electron chi connectivity index (χ4n) is 2.60. The molecule has 0 saturated heterocycles. The largest absolute Gasteiger partial charge is 0.325 e. The topological polar surface area (TPSA) is 64.0 Å². The van der Waals surface area contributed by atoms with Crippen molar-refractivity contribution in [3.05, 3.63) is 76.1 Å². The summed E-state index contributed by atoms with van der Waals surface area (Å²) in [5.41, 5.74) is 2.10. The summed E-state index contributed by atoms with van der Waals surface area (Å²) in [5, 5.41) is 4.26. The molecule has 0 bridgehead atoms. The molecular weight excluding hydrogens is 382 g/mol. The molecule has 5 nitrogen and oxygen atoms in total. The Morgan fingerprint density at radius 2 is 2.11 bits per heavy atom. The third-order valence-electron chi connectivity index (χ3n) is 3.94. The number of aromatic nitrogens is 2. The molecule has 3 rings (SSSR count). The predicted molar refractivity (Wildman–Crippen MR) is 112 cm³/mol. The molecule has 0 radical (unpaired) electrons. The highest BCUT2D eigenvalue weighted by molar-refractivity contribution is 7.99. The van der Waals surface area contributed by atoms with Gasteiger partial charge in [-0.1, -0.05) is 47.6 Å². The van der Waals surface area contributed by atoms with Gasteiger partial charge in [0.15, 0.2) is 5.16 Å². The number of halogens is 1. The number of allylic oxidation sites excluding steroid dienone is 1. The summed E-state index contributed by atoms with van der Waals surface area (Å²) in [6.07, 6.45) is 1.62. The predicted octanol–water partition coefficient (Wildman–Crippen LogP) is 4.28. The number of hydrogen-bond acceptors (Lipinski definition) is 4. The molecule has 1 heterocycles. The van der Waals surface area contributed by atoms with Crippen LogP contribution in [-0.2, 0) is 11.3 Å². The number of fused-ring (bicyclic) bond motifs is 1. The van der Waals surface area contributed by atoms with Crippen molar-refractivity contribution < 1.29 is 4.79 Å². The molecule has 0 aliphatic carbocycles. The van der Waals surface area contributed by atoms with Crippen LogP contribution in [0.1, 0.15) is 5.56 Å². The number of carbonyl (C=O) groups is 1. The van der Waals surface area contributed by atoms with Gasteiger partial charge in [-0.15, -0.1) is 6.58 Å². The first kappa shape index (κ1) is 19.2. The van der Waals surface area contributed by atoms with Crippen LogP contribution in [0.4, 0.5) is 5.69 Å².